The van der Waals surface area contributed by atoms with Crippen LogP contribution in [0.3, 0.4) is 0 Å². The van der Waals surface area contributed by atoms with E-state index < -0.39 is 28.8 Å². The maximum Gasteiger partial charge on any atom is 0.331 e. The van der Waals surface area contributed by atoms with E-state index in [4.69, 9.17) is 14.2 Å². The molecular weight excluding hydrogens is 348 g/mol. The number of rotatable bonds is 2. The molecule has 4 rings (SSSR count). The van der Waals surface area contributed by atoms with Gasteiger partial charge in [0.2, 0.25) is 11.6 Å². The molecule has 1 heterocycles. The smallest absolute Gasteiger partial charge is 0.331 e. The zero-order valence-corrected chi connectivity index (χ0v) is 16.3. The van der Waals surface area contributed by atoms with E-state index in [2.05, 4.69) is 0 Å². The molecule has 5 unspecified atom stereocenters. The molecule has 1 aliphatic heterocycles. The van der Waals surface area contributed by atoms with Crippen molar-refractivity contribution in [2.75, 3.05) is 14.2 Å². The van der Waals surface area contributed by atoms with Crippen LogP contribution in [-0.2, 0) is 28.6 Å². The number of Topliss-reactive ketones (excluding diaryl/α,β-unsaturated/α-hetero) is 2. The SMILES string of the molecule is COC1=CCC2CC3OC(=O)C=C4C(C)=C(OC)C(=O)C(C2(C)C1=O)C43C. The van der Waals surface area contributed by atoms with Crippen molar-refractivity contribution in [2.45, 2.75) is 39.7 Å². The van der Waals surface area contributed by atoms with Crippen LogP contribution < -0.4 is 0 Å². The van der Waals surface area contributed by atoms with Gasteiger partial charge in [0.15, 0.2) is 11.5 Å². The molecule has 0 aromatic rings. The molecule has 3 aliphatic carbocycles. The molecule has 6 heteroatoms. The topological polar surface area (TPSA) is 78.9 Å². The Morgan fingerprint density at radius 3 is 2.44 bits per heavy atom. The Bertz CT molecular complexity index is 862. The first-order valence-corrected chi connectivity index (χ1v) is 9.22. The van der Waals surface area contributed by atoms with Crippen LogP contribution in [0.5, 0.6) is 0 Å². The van der Waals surface area contributed by atoms with Gasteiger partial charge in [-0.1, -0.05) is 13.8 Å². The number of hydrogen-bond acceptors (Lipinski definition) is 6. The lowest BCUT2D eigenvalue weighted by Crippen LogP contribution is -2.66. The number of carbonyl (C=O) groups excluding carboxylic acids is 3. The molecular formula is C21H24O6. The number of fused-ring (bicyclic) bond motifs is 2. The monoisotopic (exact) mass is 372 g/mol. The Kier molecular flexibility index (Phi) is 3.71. The molecule has 1 saturated carbocycles. The number of carbonyl (C=O) groups is 3. The lowest BCUT2D eigenvalue weighted by Gasteiger charge is -2.61. The molecule has 1 fully saturated rings. The summed E-state index contributed by atoms with van der Waals surface area (Å²) in [5.41, 5.74) is -0.328. The Morgan fingerprint density at radius 1 is 1.11 bits per heavy atom. The maximum atomic E-state index is 13.6. The van der Waals surface area contributed by atoms with E-state index in [0.29, 0.717) is 24.2 Å². The number of hydrogen-bond donors (Lipinski definition) is 0. The zero-order valence-electron chi connectivity index (χ0n) is 16.3. The fourth-order valence-corrected chi connectivity index (χ4v) is 5.93. The van der Waals surface area contributed by atoms with Gasteiger partial charge >= 0.3 is 5.97 Å². The van der Waals surface area contributed by atoms with E-state index in [1.54, 1.807) is 13.0 Å². The minimum atomic E-state index is -0.949. The van der Waals surface area contributed by atoms with Gasteiger partial charge in [0, 0.05) is 16.9 Å². The van der Waals surface area contributed by atoms with Crippen LogP contribution in [0.15, 0.2) is 34.8 Å². The van der Waals surface area contributed by atoms with E-state index in [1.807, 2.05) is 13.8 Å². The lowest BCUT2D eigenvalue weighted by molar-refractivity contribution is -0.184. The molecule has 0 bridgehead atoms. The second-order valence-electron chi connectivity index (χ2n) is 8.27. The minimum absolute atomic E-state index is 0.111. The van der Waals surface area contributed by atoms with Crippen molar-refractivity contribution in [3.63, 3.8) is 0 Å². The van der Waals surface area contributed by atoms with Gasteiger partial charge in [-0.3, -0.25) is 9.59 Å². The first kappa shape index (κ1) is 18.0. The highest BCUT2D eigenvalue weighted by molar-refractivity contribution is 6.08. The average molecular weight is 372 g/mol. The van der Waals surface area contributed by atoms with Gasteiger partial charge in [0.05, 0.1) is 20.1 Å². The second-order valence-corrected chi connectivity index (χ2v) is 8.27. The highest BCUT2D eigenvalue weighted by Gasteiger charge is 2.69. The summed E-state index contributed by atoms with van der Waals surface area (Å²) in [7, 11) is 2.92. The van der Waals surface area contributed by atoms with Gasteiger partial charge in [-0.05, 0) is 42.9 Å². The number of methoxy groups -OCH3 is 2. The largest absolute Gasteiger partial charge is 0.493 e. The molecule has 0 saturated heterocycles. The van der Waals surface area contributed by atoms with Crippen LogP contribution in [0.1, 0.15) is 33.6 Å². The summed E-state index contributed by atoms with van der Waals surface area (Å²) in [4.78, 5) is 39.2. The van der Waals surface area contributed by atoms with Gasteiger partial charge in [-0.2, -0.15) is 0 Å². The molecule has 0 radical (unpaired) electrons. The zero-order chi connectivity index (χ0) is 19.7. The third kappa shape index (κ3) is 1.98. The number of esters is 1. The fourth-order valence-electron chi connectivity index (χ4n) is 5.93. The second kappa shape index (κ2) is 5.57. The summed E-state index contributed by atoms with van der Waals surface area (Å²) >= 11 is 0. The van der Waals surface area contributed by atoms with Gasteiger partial charge < -0.3 is 14.2 Å². The molecule has 27 heavy (non-hydrogen) atoms. The summed E-state index contributed by atoms with van der Waals surface area (Å²) in [5.74, 6) is -1.04. The molecule has 5 atom stereocenters. The molecule has 0 aromatic heterocycles. The number of allylic oxidation sites excluding steroid dienone is 4. The van der Waals surface area contributed by atoms with Crippen molar-refractivity contribution in [1.29, 1.82) is 0 Å². The van der Waals surface area contributed by atoms with Crippen LogP contribution in [-0.4, -0.2) is 37.9 Å². The third-order valence-corrected chi connectivity index (χ3v) is 7.27. The van der Waals surface area contributed by atoms with Crippen LogP contribution in [0.25, 0.3) is 0 Å². The van der Waals surface area contributed by atoms with Crippen LogP contribution >= 0.6 is 0 Å². The van der Waals surface area contributed by atoms with Crippen LogP contribution in [0.2, 0.25) is 0 Å². The molecule has 0 spiro atoms. The highest BCUT2D eigenvalue weighted by atomic mass is 16.5. The fraction of sp³-hybridized carbons (Fsp3) is 0.571. The molecule has 144 valence electrons. The van der Waals surface area contributed by atoms with E-state index in [0.717, 1.165) is 5.57 Å². The Hall–Kier alpha value is -2.37. The Labute approximate surface area is 158 Å². The predicted octanol–water partition coefficient (Wildman–Crippen LogP) is 2.49. The predicted molar refractivity (Wildman–Crippen MR) is 95.2 cm³/mol. The van der Waals surface area contributed by atoms with Crippen molar-refractivity contribution in [3.8, 4) is 0 Å². The van der Waals surface area contributed by atoms with E-state index in [-0.39, 0.29) is 23.2 Å². The summed E-state index contributed by atoms with van der Waals surface area (Å²) in [6, 6.07) is 0. The van der Waals surface area contributed by atoms with E-state index >= 15 is 0 Å². The van der Waals surface area contributed by atoms with E-state index in [1.165, 1.54) is 20.3 Å². The van der Waals surface area contributed by atoms with Gasteiger partial charge in [-0.25, -0.2) is 4.79 Å². The van der Waals surface area contributed by atoms with Gasteiger partial charge in [-0.15, -0.1) is 0 Å². The van der Waals surface area contributed by atoms with Crippen LogP contribution in [0, 0.1) is 22.7 Å². The highest BCUT2D eigenvalue weighted by Crippen LogP contribution is 2.65. The third-order valence-electron chi connectivity index (χ3n) is 7.27. The molecule has 0 aromatic carbocycles. The van der Waals surface area contributed by atoms with Crippen molar-refractivity contribution < 1.29 is 28.6 Å². The van der Waals surface area contributed by atoms with Gasteiger partial charge in [0.25, 0.3) is 0 Å². The van der Waals surface area contributed by atoms with Gasteiger partial charge in [0.1, 0.15) is 6.10 Å². The molecule has 0 N–H and O–H groups in total. The van der Waals surface area contributed by atoms with Crippen molar-refractivity contribution >= 4 is 17.5 Å². The summed E-state index contributed by atoms with van der Waals surface area (Å²) in [6.07, 6.45) is 3.92. The molecule has 6 nitrogen and oxygen atoms in total. The number of ketones is 2. The first-order valence-electron chi connectivity index (χ1n) is 9.22. The van der Waals surface area contributed by atoms with Crippen molar-refractivity contribution in [2.24, 2.45) is 22.7 Å². The first-order chi connectivity index (χ1) is 12.7. The standard InChI is InChI=1S/C21H24O6/c1-10-12-9-15(22)27-14-8-11-6-7-13(25-4)19(24)20(11,2)18(21(12,14)3)16(23)17(10)26-5/h7,9,11,14,18H,6,8H2,1-5H3. The number of ether oxygens (including phenoxy) is 3. The summed E-state index contributed by atoms with van der Waals surface area (Å²) in [6.45, 7) is 5.59. The van der Waals surface area contributed by atoms with E-state index in [9.17, 15) is 14.4 Å². The quantitative estimate of drug-likeness (QED) is 0.693. The normalized spacial score (nSPS) is 40.5. The summed E-state index contributed by atoms with van der Waals surface area (Å²) < 4.78 is 16.4. The average Bonchev–Trinajstić information content (AvgIpc) is 2.61. The minimum Gasteiger partial charge on any atom is -0.493 e. The maximum absolute atomic E-state index is 13.6. The lowest BCUT2D eigenvalue weighted by atomic mass is 9.42. The summed E-state index contributed by atoms with van der Waals surface area (Å²) in [5, 5.41) is 0. The van der Waals surface area contributed by atoms with Crippen LogP contribution in [0.4, 0.5) is 0 Å². The molecule has 0 amide bonds. The van der Waals surface area contributed by atoms with Crippen molar-refractivity contribution in [1.82, 2.24) is 0 Å². The Balaban J connectivity index is 2.01. The van der Waals surface area contributed by atoms with Crippen molar-refractivity contribution in [3.05, 3.63) is 34.8 Å². The Morgan fingerprint density at radius 2 is 1.81 bits per heavy atom. The molecule has 4 aliphatic rings.